The third-order valence-electron chi connectivity index (χ3n) is 2.78. The van der Waals surface area contributed by atoms with Crippen LogP contribution in [-0.4, -0.2) is 17.0 Å². The molecule has 0 atom stereocenters. The van der Waals surface area contributed by atoms with Gasteiger partial charge in [-0.2, -0.15) is 0 Å². The Morgan fingerprint density at radius 2 is 1.95 bits per heavy atom. The van der Waals surface area contributed by atoms with Gasteiger partial charge in [-0.05, 0) is 18.1 Å². The Balaban J connectivity index is 2.46. The normalized spacial score (nSPS) is 10.7. The molecule has 1 N–H and O–H groups in total. The SMILES string of the molecule is CNc1ncnc(Oc2cccc(Cl)c2Cl)c1C(C)C. The quantitative estimate of drug-likeness (QED) is 0.885. The van der Waals surface area contributed by atoms with E-state index in [2.05, 4.69) is 15.3 Å². The molecule has 0 unspecified atom stereocenters. The summed E-state index contributed by atoms with van der Waals surface area (Å²) in [7, 11) is 1.81. The van der Waals surface area contributed by atoms with Crippen molar-refractivity contribution in [1.29, 1.82) is 0 Å². The fraction of sp³-hybridized carbons (Fsp3) is 0.286. The number of nitrogens with zero attached hydrogens (tertiary/aromatic N) is 2. The van der Waals surface area contributed by atoms with Gasteiger partial charge in [-0.25, -0.2) is 9.97 Å². The molecule has 1 heterocycles. The van der Waals surface area contributed by atoms with Crippen molar-refractivity contribution in [2.24, 2.45) is 0 Å². The largest absolute Gasteiger partial charge is 0.437 e. The Bertz CT molecular complexity index is 617. The molecule has 0 aliphatic heterocycles. The zero-order valence-electron chi connectivity index (χ0n) is 11.4. The van der Waals surface area contributed by atoms with Gasteiger partial charge in [0.25, 0.3) is 0 Å². The molecule has 106 valence electrons. The lowest BCUT2D eigenvalue weighted by Crippen LogP contribution is -2.04. The summed E-state index contributed by atoms with van der Waals surface area (Å²) in [5, 5.41) is 3.85. The minimum atomic E-state index is 0.201. The number of nitrogens with one attached hydrogen (secondary N) is 1. The Labute approximate surface area is 128 Å². The molecule has 0 aliphatic rings. The third-order valence-corrected chi connectivity index (χ3v) is 3.59. The van der Waals surface area contributed by atoms with Crippen molar-refractivity contribution in [3.05, 3.63) is 40.1 Å². The van der Waals surface area contributed by atoms with E-state index in [0.29, 0.717) is 21.7 Å². The van der Waals surface area contributed by atoms with Crippen LogP contribution >= 0.6 is 23.2 Å². The van der Waals surface area contributed by atoms with Crippen LogP contribution in [-0.2, 0) is 0 Å². The third kappa shape index (κ3) is 2.97. The van der Waals surface area contributed by atoms with Crippen LogP contribution in [0.4, 0.5) is 5.82 Å². The maximum atomic E-state index is 6.13. The molecular weight excluding hydrogens is 297 g/mol. The first-order valence-corrected chi connectivity index (χ1v) is 6.94. The molecule has 0 spiro atoms. The average molecular weight is 312 g/mol. The molecule has 0 aliphatic carbocycles. The summed E-state index contributed by atoms with van der Waals surface area (Å²) in [6.07, 6.45) is 1.45. The van der Waals surface area contributed by atoms with Crippen LogP contribution in [0.2, 0.25) is 10.0 Å². The Kier molecular flexibility index (Phi) is 4.68. The van der Waals surface area contributed by atoms with Crippen LogP contribution in [0.15, 0.2) is 24.5 Å². The van der Waals surface area contributed by atoms with Gasteiger partial charge in [-0.15, -0.1) is 0 Å². The topological polar surface area (TPSA) is 47.0 Å². The predicted molar refractivity (Wildman–Crippen MR) is 82.2 cm³/mol. The minimum absolute atomic E-state index is 0.201. The molecule has 0 bridgehead atoms. The summed E-state index contributed by atoms with van der Waals surface area (Å²) in [6.45, 7) is 4.10. The molecular formula is C14H15Cl2N3O. The van der Waals surface area contributed by atoms with E-state index >= 15 is 0 Å². The fourth-order valence-electron chi connectivity index (χ4n) is 1.85. The summed E-state index contributed by atoms with van der Waals surface area (Å²) in [6, 6.07) is 5.23. The molecule has 0 amide bonds. The monoisotopic (exact) mass is 311 g/mol. The highest BCUT2D eigenvalue weighted by atomic mass is 35.5. The second-order valence-electron chi connectivity index (χ2n) is 4.50. The Morgan fingerprint density at radius 1 is 1.20 bits per heavy atom. The Hall–Kier alpha value is -1.52. The van der Waals surface area contributed by atoms with Gasteiger partial charge in [0, 0.05) is 7.05 Å². The summed E-state index contributed by atoms with van der Waals surface area (Å²) >= 11 is 12.1. The molecule has 1 aromatic carbocycles. The second-order valence-corrected chi connectivity index (χ2v) is 5.28. The van der Waals surface area contributed by atoms with E-state index in [1.807, 2.05) is 20.9 Å². The average Bonchev–Trinajstić information content (AvgIpc) is 2.43. The molecule has 0 fully saturated rings. The van der Waals surface area contributed by atoms with Gasteiger partial charge in [-0.3, -0.25) is 0 Å². The first-order chi connectivity index (χ1) is 9.54. The van der Waals surface area contributed by atoms with Gasteiger partial charge < -0.3 is 10.1 Å². The van der Waals surface area contributed by atoms with Crippen molar-refractivity contribution in [3.8, 4) is 11.6 Å². The molecule has 2 aromatic rings. The summed E-state index contributed by atoms with van der Waals surface area (Å²) in [5.41, 5.74) is 0.894. The van der Waals surface area contributed by atoms with Crippen LogP contribution in [0.5, 0.6) is 11.6 Å². The summed E-state index contributed by atoms with van der Waals surface area (Å²) < 4.78 is 5.82. The number of ether oxygens (including phenoxy) is 1. The molecule has 0 saturated carbocycles. The van der Waals surface area contributed by atoms with Gasteiger partial charge in [0.05, 0.1) is 10.6 Å². The van der Waals surface area contributed by atoms with Crippen molar-refractivity contribution in [1.82, 2.24) is 9.97 Å². The van der Waals surface area contributed by atoms with E-state index in [1.54, 1.807) is 18.2 Å². The number of anilines is 1. The van der Waals surface area contributed by atoms with E-state index in [4.69, 9.17) is 27.9 Å². The van der Waals surface area contributed by atoms with E-state index in [0.717, 1.165) is 11.4 Å². The van der Waals surface area contributed by atoms with Crippen molar-refractivity contribution >= 4 is 29.0 Å². The smallest absolute Gasteiger partial charge is 0.227 e. The van der Waals surface area contributed by atoms with Crippen LogP contribution < -0.4 is 10.1 Å². The number of benzene rings is 1. The van der Waals surface area contributed by atoms with Gasteiger partial charge >= 0.3 is 0 Å². The standard InChI is InChI=1S/C14H15Cl2N3O/c1-8(2)11-13(17-3)18-7-19-14(11)20-10-6-4-5-9(15)12(10)16/h4-8H,1-3H3,(H,17,18,19). The molecule has 4 nitrogen and oxygen atoms in total. The van der Waals surface area contributed by atoms with Crippen LogP contribution in [0.1, 0.15) is 25.3 Å². The number of hydrogen-bond acceptors (Lipinski definition) is 4. The number of aromatic nitrogens is 2. The van der Waals surface area contributed by atoms with Crippen molar-refractivity contribution < 1.29 is 4.74 Å². The highest BCUT2D eigenvalue weighted by Gasteiger charge is 2.17. The highest BCUT2D eigenvalue weighted by Crippen LogP contribution is 2.37. The number of rotatable bonds is 4. The van der Waals surface area contributed by atoms with E-state index in [1.165, 1.54) is 6.33 Å². The van der Waals surface area contributed by atoms with Crippen molar-refractivity contribution in [3.63, 3.8) is 0 Å². The fourth-order valence-corrected chi connectivity index (χ4v) is 2.18. The first-order valence-electron chi connectivity index (χ1n) is 6.19. The lowest BCUT2D eigenvalue weighted by atomic mass is 10.1. The van der Waals surface area contributed by atoms with Crippen LogP contribution in [0.3, 0.4) is 0 Å². The highest BCUT2D eigenvalue weighted by molar-refractivity contribution is 6.42. The van der Waals surface area contributed by atoms with Crippen LogP contribution in [0, 0.1) is 0 Å². The lowest BCUT2D eigenvalue weighted by Gasteiger charge is -2.16. The minimum Gasteiger partial charge on any atom is -0.437 e. The second kappa shape index (κ2) is 6.29. The Morgan fingerprint density at radius 3 is 2.60 bits per heavy atom. The van der Waals surface area contributed by atoms with E-state index < -0.39 is 0 Å². The van der Waals surface area contributed by atoms with Gasteiger partial charge in [0.1, 0.15) is 22.9 Å². The predicted octanol–water partition coefficient (Wildman–Crippen LogP) is 4.74. The molecule has 20 heavy (non-hydrogen) atoms. The number of hydrogen-bond donors (Lipinski definition) is 1. The zero-order chi connectivity index (χ0) is 14.7. The number of halogens is 2. The van der Waals surface area contributed by atoms with Crippen LogP contribution in [0.25, 0.3) is 0 Å². The molecule has 6 heteroatoms. The van der Waals surface area contributed by atoms with E-state index in [9.17, 15) is 0 Å². The van der Waals surface area contributed by atoms with Gasteiger partial charge in [-0.1, -0.05) is 43.1 Å². The summed E-state index contributed by atoms with van der Waals surface area (Å²) in [5.74, 6) is 1.89. The maximum absolute atomic E-state index is 6.13. The van der Waals surface area contributed by atoms with E-state index in [-0.39, 0.29) is 5.92 Å². The molecule has 0 saturated heterocycles. The lowest BCUT2D eigenvalue weighted by molar-refractivity contribution is 0.452. The van der Waals surface area contributed by atoms with Crippen molar-refractivity contribution in [2.45, 2.75) is 19.8 Å². The molecule has 2 rings (SSSR count). The molecule has 0 radical (unpaired) electrons. The van der Waals surface area contributed by atoms with Crippen molar-refractivity contribution in [2.75, 3.05) is 12.4 Å². The zero-order valence-corrected chi connectivity index (χ0v) is 13.0. The first kappa shape index (κ1) is 14.9. The molecule has 1 aromatic heterocycles. The maximum Gasteiger partial charge on any atom is 0.227 e. The van der Waals surface area contributed by atoms with Gasteiger partial charge in [0.15, 0.2) is 0 Å². The summed E-state index contributed by atoms with van der Waals surface area (Å²) in [4.78, 5) is 8.40. The van der Waals surface area contributed by atoms with Gasteiger partial charge in [0.2, 0.25) is 5.88 Å².